The van der Waals surface area contributed by atoms with E-state index in [4.69, 9.17) is 9.47 Å². The van der Waals surface area contributed by atoms with Gasteiger partial charge in [0.05, 0.1) is 26.5 Å². The Kier molecular flexibility index (Phi) is 4.53. The minimum Gasteiger partial charge on any atom is -0.497 e. The van der Waals surface area contributed by atoms with Crippen LogP contribution in [-0.2, 0) is 11.3 Å². The summed E-state index contributed by atoms with van der Waals surface area (Å²) in [6.45, 7) is 1.90. The fourth-order valence-electron chi connectivity index (χ4n) is 3.07. The predicted molar refractivity (Wildman–Crippen MR) is 94.6 cm³/mol. The number of anilines is 1. The van der Waals surface area contributed by atoms with E-state index in [1.807, 2.05) is 30.5 Å². The highest BCUT2D eigenvalue weighted by Gasteiger charge is 2.29. The highest BCUT2D eigenvalue weighted by molar-refractivity contribution is 5.48. The molecule has 3 aromatic rings. The lowest BCUT2D eigenvalue weighted by Crippen LogP contribution is -2.23. The van der Waals surface area contributed by atoms with Crippen molar-refractivity contribution in [2.45, 2.75) is 12.8 Å². The molecule has 1 aliphatic rings. The van der Waals surface area contributed by atoms with Crippen molar-refractivity contribution < 1.29 is 13.9 Å². The number of rotatable bonds is 5. The molecule has 1 aliphatic heterocycles. The van der Waals surface area contributed by atoms with Crippen molar-refractivity contribution in [3.8, 4) is 5.75 Å². The summed E-state index contributed by atoms with van der Waals surface area (Å²) in [7, 11) is 1.65. The standard InChI is InChI=1S/C19H19FN4O2/c1-25-17-4-2-3-14(11-17)12-23-13-18(21-22-23)19-24(9-10-26-19)16-7-5-15(20)6-8-16/h2-8,11,13,19H,9-10,12H2,1H3/t19-/m1/s1. The normalized spacial score (nSPS) is 16.8. The second kappa shape index (κ2) is 7.13. The summed E-state index contributed by atoms with van der Waals surface area (Å²) in [6, 6.07) is 14.2. The second-order valence-corrected chi connectivity index (χ2v) is 6.09. The van der Waals surface area contributed by atoms with Gasteiger partial charge in [0.15, 0.2) is 6.23 Å². The number of ether oxygens (including phenoxy) is 2. The first kappa shape index (κ1) is 16.5. The van der Waals surface area contributed by atoms with Crippen LogP contribution >= 0.6 is 0 Å². The summed E-state index contributed by atoms with van der Waals surface area (Å²) < 4.78 is 26.0. The molecule has 0 bridgehead atoms. The van der Waals surface area contributed by atoms with Crippen molar-refractivity contribution in [2.24, 2.45) is 0 Å². The van der Waals surface area contributed by atoms with Gasteiger partial charge in [-0.2, -0.15) is 0 Å². The quantitative estimate of drug-likeness (QED) is 0.705. The fourth-order valence-corrected chi connectivity index (χ4v) is 3.07. The first-order valence-corrected chi connectivity index (χ1v) is 8.40. The van der Waals surface area contributed by atoms with Crippen LogP contribution in [0, 0.1) is 5.82 Å². The van der Waals surface area contributed by atoms with E-state index in [2.05, 4.69) is 15.2 Å². The monoisotopic (exact) mass is 354 g/mol. The largest absolute Gasteiger partial charge is 0.497 e. The van der Waals surface area contributed by atoms with Gasteiger partial charge in [0.2, 0.25) is 0 Å². The number of aromatic nitrogens is 3. The Morgan fingerprint density at radius 1 is 1.23 bits per heavy atom. The molecule has 0 spiro atoms. The van der Waals surface area contributed by atoms with Gasteiger partial charge < -0.3 is 14.4 Å². The highest BCUT2D eigenvalue weighted by atomic mass is 19.1. The molecular formula is C19H19FN4O2. The van der Waals surface area contributed by atoms with E-state index < -0.39 is 0 Å². The summed E-state index contributed by atoms with van der Waals surface area (Å²) >= 11 is 0. The Morgan fingerprint density at radius 3 is 2.88 bits per heavy atom. The van der Waals surface area contributed by atoms with Gasteiger partial charge in [-0.1, -0.05) is 17.3 Å². The maximum atomic E-state index is 13.2. The molecule has 0 saturated carbocycles. The van der Waals surface area contributed by atoms with Crippen LogP contribution < -0.4 is 9.64 Å². The van der Waals surface area contributed by atoms with Crippen LogP contribution in [0.4, 0.5) is 10.1 Å². The van der Waals surface area contributed by atoms with Gasteiger partial charge in [-0.05, 0) is 42.0 Å². The molecule has 1 aromatic heterocycles. The molecular weight excluding hydrogens is 335 g/mol. The number of benzene rings is 2. The average molecular weight is 354 g/mol. The van der Waals surface area contributed by atoms with Crippen molar-refractivity contribution in [3.05, 3.63) is 71.8 Å². The minimum atomic E-state index is -0.320. The SMILES string of the molecule is COc1cccc(Cn2cc([C@H]3OCCN3c3ccc(F)cc3)nn2)c1. The average Bonchev–Trinajstić information content (AvgIpc) is 3.32. The first-order valence-electron chi connectivity index (χ1n) is 8.40. The van der Waals surface area contributed by atoms with E-state index in [1.54, 1.807) is 23.9 Å². The van der Waals surface area contributed by atoms with Gasteiger partial charge in [-0.15, -0.1) is 5.10 Å². The fraction of sp³-hybridized carbons (Fsp3) is 0.263. The molecule has 134 valence electrons. The second-order valence-electron chi connectivity index (χ2n) is 6.09. The highest BCUT2D eigenvalue weighted by Crippen LogP contribution is 2.31. The molecule has 1 saturated heterocycles. The lowest BCUT2D eigenvalue weighted by molar-refractivity contribution is 0.110. The summed E-state index contributed by atoms with van der Waals surface area (Å²) in [5, 5.41) is 8.48. The van der Waals surface area contributed by atoms with Gasteiger partial charge in [0.1, 0.15) is 17.3 Å². The summed E-state index contributed by atoms with van der Waals surface area (Å²) in [5.41, 5.74) is 2.70. The molecule has 26 heavy (non-hydrogen) atoms. The lowest BCUT2D eigenvalue weighted by Gasteiger charge is -2.23. The smallest absolute Gasteiger partial charge is 0.177 e. The molecule has 1 fully saturated rings. The van der Waals surface area contributed by atoms with Crippen LogP contribution in [0.3, 0.4) is 0 Å². The zero-order valence-corrected chi connectivity index (χ0v) is 14.4. The Morgan fingerprint density at radius 2 is 2.08 bits per heavy atom. The van der Waals surface area contributed by atoms with E-state index in [-0.39, 0.29) is 12.0 Å². The van der Waals surface area contributed by atoms with Crippen LogP contribution in [0.1, 0.15) is 17.5 Å². The number of hydrogen-bond donors (Lipinski definition) is 0. The van der Waals surface area contributed by atoms with Crippen molar-refractivity contribution in [1.82, 2.24) is 15.0 Å². The lowest BCUT2D eigenvalue weighted by atomic mass is 10.2. The first-order chi connectivity index (χ1) is 12.7. The molecule has 1 atom stereocenters. The van der Waals surface area contributed by atoms with Gasteiger partial charge >= 0.3 is 0 Å². The van der Waals surface area contributed by atoms with E-state index in [0.29, 0.717) is 13.2 Å². The van der Waals surface area contributed by atoms with Gasteiger partial charge in [0, 0.05) is 12.2 Å². The molecule has 0 radical (unpaired) electrons. The van der Waals surface area contributed by atoms with Gasteiger partial charge in [-0.3, -0.25) is 0 Å². The van der Waals surface area contributed by atoms with E-state index in [1.165, 1.54) is 12.1 Å². The minimum absolute atomic E-state index is 0.255. The molecule has 2 aromatic carbocycles. The van der Waals surface area contributed by atoms with Crippen LogP contribution in [0.5, 0.6) is 5.75 Å². The molecule has 6 nitrogen and oxygen atoms in total. The number of hydrogen-bond acceptors (Lipinski definition) is 5. The molecule has 2 heterocycles. The van der Waals surface area contributed by atoms with Crippen LogP contribution in [0.2, 0.25) is 0 Å². The van der Waals surface area contributed by atoms with Crippen LogP contribution in [-0.4, -0.2) is 35.3 Å². The van der Waals surface area contributed by atoms with Crippen molar-refractivity contribution in [2.75, 3.05) is 25.2 Å². The Labute approximate surface area is 150 Å². The van der Waals surface area contributed by atoms with E-state index in [9.17, 15) is 4.39 Å². The maximum absolute atomic E-state index is 13.2. The number of methoxy groups -OCH3 is 1. The van der Waals surface area contributed by atoms with Crippen LogP contribution in [0.15, 0.2) is 54.7 Å². The van der Waals surface area contributed by atoms with Gasteiger partial charge in [-0.25, -0.2) is 9.07 Å². The van der Waals surface area contributed by atoms with E-state index >= 15 is 0 Å². The van der Waals surface area contributed by atoms with Crippen molar-refractivity contribution in [1.29, 1.82) is 0 Å². The summed E-state index contributed by atoms with van der Waals surface area (Å²) in [4.78, 5) is 2.05. The van der Waals surface area contributed by atoms with E-state index in [0.717, 1.165) is 29.2 Å². The molecule has 0 unspecified atom stereocenters. The van der Waals surface area contributed by atoms with Crippen LogP contribution in [0.25, 0.3) is 0 Å². The Hall–Kier alpha value is -2.93. The topological polar surface area (TPSA) is 52.4 Å². The zero-order valence-electron chi connectivity index (χ0n) is 14.4. The number of nitrogens with zero attached hydrogens (tertiary/aromatic N) is 4. The maximum Gasteiger partial charge on any atom is 0.177 e. The summed E-state index contributed by atoms with van der Waals surface area (Å²) in [6.07, 6.45) is 1.56. The molecule has 0 aliphatic carbocycles. The zero-order chi connectivity index (χ0) is 17.9. The Bertz CT molecular complexity index is 881. The molecule has 0 N–H and O–H groups in total. The van der Waals surface area contributed by atoms with Crippen molar-refractivity contribution >= 4 is 5.69 Å². The van der Waals surface area contributed by atoms with Gasteiger partial charge in [0.25, 0.3) is 0 Å². The van der Waals surface area contributed by atoms with Crippen molar-refractivity contribution in [3.63, 3.8) is 0 Å². The molecule has 7 heteroatoms. The predicted octanol–water partition coefficient (Wildman–Crippen LogP) is 3.01. The third-order valence-electron chi connectivity index (χ3n) is 4.34. The third kappa shape index (κ3) is 3.39. The molecule has 4 rings (SSSR count). The summed E-state index contributed by atoms with van der Waals surface area (Å²) in [5.74, 6) is 0.555. The number of halogens is 1. The Balaban J connectivity index is 1.52. The third-order valence-corrected chi connectivity index (χ3v) is 4.34. The molecule has 0 amide bonds.